The van der Waals surface area contributed by atoms with Gasteiger partial charge >= 0.3 is 15.2 Å². The van der Waals surface area contributed by atoms with Gasteiger partial charge in [-0.25, -0.2) is 0 Å². The molecule has 0 atom stereocenters. The molecular weight excluding hydrogens is 458 g/mol. The third-order valence-electron chi connectivity index (χ3n) is 5.49. The quantitative estimate of drug-likeness (QED) is 0.0848. The molecule has 0 spiro atoms. The van der Waals surface area contributed by atoms with Crippen LogP contribution in [0.15, 0.2) is 0 Å². The Bertz CT molecular complexity index is 435. The first-order valence-electron chi connectivity index (χ1n) is 13.7. The molecule has 33 heavy (non-hydrogen) atoms. The zero-order valence-electron chi connectivity index (χ0n) is 22.2. The SMILES string of the molecule is CCCCCCOP(=O)(CP(=O)(OCCCCCC)OCCCCCC)OCCCCCC. The monoisotopic (exact) mass is 512 g/mol. The topological polar surface area (TPSA) is 71.1 Å². The van der Waals surface area contributed by atoms with Crippen LogP contribution < -0.4 is 0 Å². The van der Waals surface area contributed by atoms with Crippen LogP contribution in [0.25, 0.3) is 0 Å². The Hall–Kier alpha value is 0.300. The smallest absolute Gasteiger partial charge is 0.308 e. The van der Waals surface area contributed by atoms with Crippen molar-refractivity contribution in [3.63, 3.8) is 0 Å². The minimum atomic E-state index is -3.57. The average molecular weight is 513 g/mol. The second kappa shape index (κ2) is 22.7. The highest BCUT2D eigenvalue weighted by Crippen LogP contribution is 2.64. The van der Waals surface area contributed by atoms with Crippen molar-refractivity contribution in [1.82, 2.24) is 0 Å². The van der Waals surface area contributed by atoms with Gasteiger partial charge in [0.2, 0.25) is 0 Å². The Morgan fingerprint density at radius 1 is 0.394 bits per heavy atom. The van der Waals surface area contributed by atoms with E-state index in [4.69, 9.17) is 18.1 Å². The lowest BCUT2D eigenvalue weighted by atomic mass is 10.2. The highest BCUT2D eigenvalue weighted by molar-refractivity contribution is 7.71. The zero-order chi connectivity index (χ0) is 24.7. The van der Waals surface area contributed by atoms with Crippen LogP contribution in [-0.2, 0) is 27.2 Å². The van der Waals surface area contributed by atoms with Crippen molar-refractivity contribution in [2.24, 2.45) is 0 Å². The number of hydrogen-bond acceptors (Lipinski definition) is 6. The average Bonchev–Trinajstić information content (AvgIpc) is 2.78. The van der Waals surface area contributed by atoms with Crippen LogP contribution in [0.4, 0.5) is 0 Å². The normalized spacial score (nSPS) is 12.5. The third kappa shape index (κ3) is 20.2. The van der Waals surface area contributed by atoms with Gasteiger partial charge in [-0.2, -0.15) is 0 Å². The fourth-order valence-electron chi connectivity index (χ4n) is 3.38. The van der Waals surface area contributed by atoms with E-state index in [1.165, 1.54) is 0 Å². The molecule has 0 aliphatic carbocycles. The molecule has 0 aromatic rings. The van der Waals surface area contributed by atoms with E-state index in [0.29, 0.717) is 26.4 Å². The minimum Gasteiger partial charge on any atom is -0.308 e. The molecule has 0 rings (SSSR count). The van der Waals surface area contributed by atoms with E-state index in [-0.39, 0.29) is 5.90 Å². The molecule has 0 aliphatic rings. The van der Waals surface area contributed by atoms with Crippen molar-refractivity contribution in [2.45, 2.75) is 130 Å². The minimum absolute atomic E-state index is 0.289. The lowest BCUT2D eigenvalue weighted by Gasteiger charge is -2.24. The predicted molar refractivity (Wildman–Crippen MR) is 140 cm³/mol. The van der Waals surface area contributed by atoms with Crippen molar-refractivity contribution in [2.75, 3.05) is 32.3 Å². The molecule has 8 heteroatoms. The Balaban J connectivity index is 5.04. The molecule has 0 heterocycles. The molecule has 0 aromatic carbocycles. The van der Waals surface area contributed by atoms with Crippen LogP contribution >= 0.6 is 15.2 Å². The summed E-state index contributed by atoms with van der Waals surface area (Å²) in [5.74, 6) is -0.289. The standard InChI is InChI=1S/C25H54O6P2/c1-5-9-13-17-21-28-32(26,29-22-18-14-10-6-2)25-33(27,30-23-19-15-11-7-3)31-24-20-16-12-8-4/h5-25H2,1-4H3. The molecule has 0 amide bonds. The molecule has 0 bridgehead atoms. The maximum atomic E-state index is 13.6. The fourth-order valence-corrected chi connectivity index (χ4v) is 8.16. The lowest BCUT2D eigenvalue weighted by molar-refractivity contribution is 0.185. The molecule has 0 saturated heterocycles. The van der Waals surface area contributed by atoms with Crippen molar-refractivity contribution >= 4 is 15.2 Å². The Kier molecular flexibility index (Phi) is 23.0. The van der Waals surface area contributed by atoms with Crippen molar-refractivity contribution in [3.05, 3.63) is 0 Å². The van der Waals surface area contributed by atoms with E-state index in [1.807, 2.05) is 0 Å². The summed E-state index contributed by atoms with van der Waals surface area (Å²) in [4.78, 5) is 0. The van der Waals surface area contributed by atoms with Crippen molar-refractivity contribution in [1.29, 1.82) is 0 Å². The number of rotatable bonds is 26. The van der Waals surface area contributed by atoms with Gasteiger partial charge in [-0.15, -0.1) is 0 Å². The van der Waals surface area contributed by atoms with E-state index < -0.39 is 15.2 Å². The van der Waals surface area contributed by atoms with Gasteiger partial charge in [0.15, 0.2) is 5.90 Å². The van der Waals surface area contributed by atoms with E-state index in [2.05, 4.69) is 27.7 Å². The largest absolute Gasteiger partial charge is 0.342 e. The van der Waals surface area contributed by atoms with Gasteiger partial charge < -0.3 is 18.1 Å². The third-order valence-corrected chi connectivity index (χ3v) is 10.6. The molecule has 0 radical (unpaired) electrons. The summed E-state index contributed by atoms with van der Waals surface area (Å²) in [6.45, 7) is 9.99. The summed E-state index contributed by atoms with van der Waals surface area (Å²) >= 11 is 0. The van der Waals surface area contributed by atoms with Crippen LogP contribution in [0.1, 0.15) is 130 Å². The van der Waals surface area contributed by atoms with Gasteiger partial charge in [-0.05, 0) is 25.7 Å². The van der Waals surface area contributed by atoms with Gasteiger partial charge in [-0.3, -0.25) is 9.13 Å². The van der Waals surface area contributed by atoms with E-state index >= 15 is 0 Å². The molecule has 0 saturated carbocycles. The van der Waals surface area contributed by atoms with Crippen molar-refractivity contribution < 1.29 is 27.2 Å². The Morgan fingerprint density at radius 3 is 0.848 bits per heavy atom. The van der Waals surface area contributed by atoms with Crippen LogP contribution in [-0.4, -0.2) is 32.3 Å². The molecular formula is C25H54O6P2. The van der Waals surface area contributed by atoms with E-state index in [1.54, 1.807) is 0 Å². The van der Waals surface area contributed by atoms with Crippen LogP contribution in [0, 0.1) is 0 Å². The molecule has 6 nitrogen and oxygen atoms in total. The van der Waals surface area contributed by atoms with Gasteiger partial charge in [0.25, 0.3) is 0 Å². The van der Waals surface area contributed by atoms with Crippen LogP contribution in [0.5, 0.6) is 0 Å². The first-order valence-corrected chi connectivity index (χ1v) is 17.2. The molecule has 200 valence electrons. The second-order valence-electron chi connectivity index (χ2n) is 8.94. The summed E-state index contributed by atoms with van der Waals surface area (Å²) < 4.78 is 50.3. The molecule has 0 aromatic heterocycles. The summed E-state index contributed by atoms with van der Waals surface area (Å²) in [6, 6.07) is 0. The van der Waals surface area contributed by atoms with Gasteiger partial charge in [0.1, 0.15) is 0 Å². The lowest BCUT2D eigenvalue weighted by Crippen LogP contribution is -2.08. The highest BCUT2D eigenvalue weighted by Gasteiger charge is 2.38. The first kappa shape index (κ1) is 33.3. The van der Waals surface area contributed by atoms with Crippen molar-refractivity contribution in [3.8, 4) is 0 Å². The maximum Gasteiger partial charge on any atom is 0.342 e. The van der Waals surface area contributed by atoms with Gasteiger partial charge in [-0.1, -0.05) is 105 Å². The van der Waals surface area contributed by atoms with Gasteiger partial charge in [0.05, 0.1) is 26.4 Å². The predicted octanol–water partition coefficient (Wildman–Crippen LogP) is 9.72. The molecule has 0 aliphatic heterocycles. The molecule has 0 unspecified atom stereocenters. The van der Waals surface area contributed by atoms with E-state index in [9.17, 15) is 9.13 Å². The highest BCUT2D eigenvalue weighted by atomic mass is 31.2. The maximum absolute atomic E-state index is 13.6. The Labute approximate surface area is 205 Å². The zero-order valence-corrected chi connectivity index (χ0v) is 24.0. The summed E-state index contributed by atoms with van der Waals surface area (Å²) in [5.41, 5.74) is 0. The first-order chi connectivity index (χ1) is 15.9. The summed E-state index contributed by atoms with van der Waals surface area (Å²) in [6.07, 6.45) is 16.3. The summed E-state index contributed by atoms with van der Waals surface area (Å²) in [7, 11) is -7.15. The second-order valence-corrected chi connectivity index (χ2v) is 13.5. The Morgan fingerprint density at radius 2 is 0.636 bits per heavy atom. The number of hydrogen-bond donors (Lipinski definition) is 0. The fraction of sp³-hybridized carbons (Fsp3) is 1.00. The molecule has 0 N–H and O–H groups in total. The molecule has 0 fully saturated rings. The van der Waals surface area contributed by atoms with E-state index in [0.717, 1.165) is 103 Å². The van der Waals surface area contributed by atoms with Crippen LogP contribution in [0.3, 0.4) is 0 Å². The summed E-state index contributed by atoms with van der Waals surface area (Å²) in [5, 5.41) is 0. The van der Waals surface area contributed by atoms with Gasteiger partial charge in [0, 0.05) is 0 Å². The number of unbranched alkanes of at least 4 members (excludes halogenated alkanes) is 12. The van der Waals surface area contributed by atoms with Crippen LogP contribution in [0.2, 0.25) is 0 Å².